The largest absolute Gasteiger partial charge is 0.476 e. The molecule has 0 aliphatic rings. The first-order valence-electron chi connectivity index (χ1n) is 5.98. The number of carboxylic acid groups (broad SMARTS) is 1. The fraction of sp³-hybridized carbons (Fsp3) is 0.286. The molecule has 0 fully saturated rings. The van der Waals surface area contributed by atoms with E-state index in [1.54, 1.807) is 10.7 Å². The topological polar surface area (TPSA) is 55.1 Å². The number of benzene rings is 1. The van der Waals surface area contributed by atoms with Gasteiger partial charge in [0.1, 0.15) is 0 Å². The van der Waals surface area contributed by atoms with Crippen LogP contribution in [-0.2, 0) is 13.0 Å². The maximum atomic E-state index is 10.8. The number of nitrogens with zero attached hydrogens (tertiary/aromatic N) is 2. The Balaban J connectivity index is 1.92. The van der Waals surface area contributed by atoms with Gasteiger partial charge >= 0.3 is 5.97 Å². The van der Waals surface area contributed by atoms with Gasteiger partial charge in [0.25, 0.3) is 0 Å². The third kappa shape index (κ3) is 2.97. The van der Waals surface area contributed by atoms with Gasteiger partial charge in [-0.05, 0) is 31.4 Å². The summed E-state index contributed by atoms with van der Waals surface area (Å²) in [6, 6.07) is 11.8. The lowest BCUT2D eigenvalue weighted by Gasteiger charge is -2.04. The van der Waals surface area contributed by atoms with Gasteiger partial charge in [0.05, 0.1) is 0 Å². The van der Waals surface area contributed by atoms with Gasteiger partial charge in [-0.3, -0.25) is 4.68 Å². The summed E-state index contributed by atoms with van der Waals surface area (Å²) in [4.78, 5) is 10.8. The summed E-state index contributed by atoms with van der Waals surface area (Å²) in [6.07, 6.45) is 1.92. The van der Waals surface area contributed by atoms with E-state index in [9.17, 15) is 4.79 Å². The fourth-order valence-corrected chi connectivity index (χ4v) is 1.92. The molecule has 0 saturated carbocycles. The molecule has 1 heterocycles. The molecule has 0 spiro atoms. The highest BCUT2D eigenvalue weighted by molar-refractivity contribution is 5.85. The van der Waals surface area contributed by atoms with Gasteiger partial charge in [-0.15, -0.1) is 0 Å². The molecule has 2 aromatic rings. The van der Waals surface area contributed by atoms with Crippen molar-refractivity contribution in [3.8, 4) is 0 Å². The molecule has 0 aliphatic carbocycles. The number of aryl methyl sites for hydroxylation is 3. The summed E-state index contributed by atoms with van der Waals surface area (Å²) < 4.78 is 1.76. The van der Waals surface area contributed by atoms with Crippen molar-refractivity contribution in [2.45, 2.75) is 26.3 Å². The van der Waals surface area contributed by atoms with Crippen molar-refractivity contribution in [2.24, 2.45) is 0 Å². The van der Waals surface area contributed by atoms with Crippen molar-refractivity contribution in [1.82, 2.24) is 9.78 Å². The van der Waals surface area contributed by atoms with Crippen molar-refractivity contribution in [3.63, 3.8) is 0 Å². The van der Waals surface area contributed by atoms with E-state index in [0.29, 0.717) is 0 Å². The minimum Gasteiger partial charge on any atom is -0.476 e. The highest BCUT2D eigenvalue weighted by Crippen LogP contribution is 2.07. The minimum atomic E-state index is -0.972. The molecule has 0 saturated heterocycles. The standard InChI is InChI=1S/C14H16N2O2/c1-11-10-13(14(17)18)15-16(11)9-5-8-12-6-3-2-4-7-12/h2-4,6-7,10H,5,8-9H2,1H3,(H,17,18). The number of aromatic carboxylic acids is 1. The van der Waals surface area contributed by atoms with Crippen LogP contribution in [0.5, 0.6) is 0 Å². The predicted molar refractivity (Wildman–Crippen MR) is 68.7 cm³/mol. The Morgan fingerprint density at radius 2 is 2.06 bits per heavy atom. The second-order valence-corrected chi connectivity index (χ2v) is 4.29. The SMILES string of the molecule is Cc1cc(C(=O)O)nn1CCCc1ccccc1. The quantitative estimate of drug-likeness (QED) is 0.879. The van der Waals surface area contributed by atoms with Crippen LogP contribution >= 0.6 is 0 Å². The summed E-state index contributed by atoms with van der Waals surface area (Å²) >= 11 is 0. The Morgan fingerprint density at radius 1 is 1.33 bits per heavy atom. The molecule has 4 nitrogen and oxygen atoms in total. The van der Waals surface area contributed by atoms with Crippen LogP contribution in [0.25, 0.3) is 0 Å². The van der Waals surface area contributed by atoms with Crippen LogP contribution in [0.3, 0.4) is 0 Å². The molecule has 0 atom stereocenters. The second kappa shape index (κ2) is 5.49. The number of carbonyl (C=O) groups is 1. The molecule has 0 aliphatic heterocycles. The van der Waals surface area contributed by atoms with Crippen LogP contribution in [0, 0.1) is 6.92 Å². The normalized spacial score (nSPS) is 10.5. The molecule has 2 rings (SSSR count). The van der Waals surface area contributed by atoms with Gasteiger partial charge in [-0.2, -0.15) is 5.10 Å². The van der Waals surface area contributed by atoms with E-state index in [-0.39, 0.29) is 5.69 Å². The number of hydrogen-bond donors (Lipinski definition) is 1. The fourth-order valence-electron chi connectivity index (χ4n) is 1.92. The summed E-state index contributed by atoms with van der Waals surface area (Å²) in [5.41, 5.74) is 2.30. The van der Waals surface area contributed by atoms with Crippen LogP contribution in [-0.4, -0.2) is 20.9 Å². The molecule has 0 amide bonds. The number of aromatic nitrogens is 2. The maximum Gasteiger partial charge on any atom is 0.356 e. The highest BCUT2D eigenvalue weighted by atomic mass is 16.4. The Bertz CT molecular complexity index is 532. The Labute approximate surface area is 106 Å². The summed E-state index contributed by atoms with van der Waals surface area (Å²) in [5, 5.41) is 12.9. The molecule has 18 heavy (non-hydrogen) atoms. The van der Waals surface area contributed by atoms with Crippen LogP contribution in [0.15, 0.2) is 36.4 Å². The first kappa shape index (κ1) is 12.4. The molecule has 1 aromatic heterocycles. The zero-order chi connectivity index (χ0) is 13.0. The molecule has 1 aromatic carbocycles. The van der Waals surface area contributed by atoms with Crippen LogP contribution in [0.2, 0.25) is 0 Å². The van der Waals surface area contributed by atoms with E-state index >= 15 is 0 Å². The Kier molecular flexibility index (Phi) is 3.77. The van der Waals surface area contributed by atoms with Crippen LogP contribution in [0.4, 0.5) is 0 Å². The molecule has 4 heteroatoms. The molecule has 0 unspecified atom stereocenters. The minimum absolute atomic E-state index is 0.118. The van der Waals surface area contributed by atoms with E-state index in [1.165, 1.54) is 5.56 Å². The number of rotatable bonds is 5. The lowest BCUT2D eigenvalue weighted by atomic mass is 10.1. The van der Waals surface area contributed by atoms with Gasteiger partial charge in [-0.1, -0.05) is 30.3 Å². The van der Waals surface area contributed by atoms with Crippen molar-refractivity contribution in [1.29, 1.82) is 0 Å². The van der Waals surface area contributed by atoms with Gasteiger partial charge in [0.15, 0.2) is 5.69 Å². The van der Waals surface area contributed by atoms with Gasteiger partial charge in [0, 0.05) is 12.2 Å². The zero-order valence-electron chi connectivity index (χ0n) is 10.3. The van der Waals surface area contributed by atoms with E-state index in [1.807, 2.05) is 25.1 Å². The van der Waals surface area contributed by atoms with Crippen molar-refractivity contribution >= 4 is 5.97 Å². The van der Waals surface area contributed by atoms with E-state index in [2.05, 4.69) is 17.2 Å². The molecular formula is C14H16N2O2. The molecular weight excluding hydrogens is 228 g/mol. The van der Waals surface area contributed by atoms with Crippen molar-refractivity contribution in [2.75, 3.05) is 0 Å². The average molecular weight is 244 g/mol. The average Bonchev–Trinajstić information content (AvgIpc) is 2.73. The first-order chi connectivity index (χ1) is 8.66. The van der Waals surface area contributed by atoms with Crippen molar-refractivity contribution < 1.29 is 9.90 Å². The number of hydrogen-bond acceptors (Lipinski definition) is 2. The Hall–Kier alpha value is -2.10. The van der Waals surface area contributed by atoms with Crippen molar-refractivity contribution in [3.05, 3.63) is 53.3 Å². The lowest BCUT2D eigenvalue weighted by molar-refractivity contribution is 0.0689. The molecule has 94 valence electrons. The summed E-state index contributed by atoms with van der Waals surface area (Å²) in [6.45, 7) is 2.62. The third-order valence-corrected chi connectivity index (χ3v) is 2.88. The highest BCUT2D eigenvalue weighted by Gasteiger charge is 2.09. The maximum absolute atomic E-state index is 10.8. The van der Waals surface area contributed by atoms with Crippen LogP contribution < -0.4 is 0 Å². The number of carboxylic acids is 1. The van der Waals surface area contributed by atoms with E-state index in [4.69, 9.17) is 5.11 Å². The molecule has 0 bridgehead atoms. The van der Waals surface area contributed by atoms with Gasteiger partial charge in [-0.25, -0.2) is 4.79 Å². The summed E-state index contributed by atoms with van der Waals surface area (Å²) in [7, 11) is 0. The lowest BCUT2D eigenvalue weighted by Crippen LogP contribution is -2.05. The second-order valence-electron chi connectivity index (χ2n) is 4.29. The first-order valence-corrected chi connectivity index (χ1v) is 5.98. The van der Waals surface area contributed by atoms with Gasteiger partial charge in [0.2, 0.25) is 0 Å². The van der Waals surface area contributed by atoms with Gasteiger partial charge < -0.3 is 5.11 Å². The Morgan fingerprint density at radius 3 is 2.67 bits per heavy atom. The van der Waals surface area contributed by atoms with Crippen LogP contribution in [0.1, 0.15) is 28.2 Å². The van der Waals surface area contributed by atoms with E-state index in [0.717, 1.165) is 25.1 Å². The molecule has 1 N–H and O–H groups in total. The smallest absolute Gasteiger partial charge is 0.356 e. The van der Waals surface area contributed by atoms with E-state index < -0.39 is 5.97 Å². The monoisotopic (exact) mass is 244 g/mol. The summed E-state index contributed by atoms with van der Waals surface area (Å²) in [5.74, 6) is -0.972. The third-order valence-electron chi connectivity index (χ3n) is 2.88. The molecule has 0 radical (unpaired) electrons. The predicted octanol–water partition coefficient (Wildman–Crippen LogP) is 2.52. The zero-order valence-corrected chi connectivity index (χ0v) is 10.3.